The third kappa shape index (κ3) is 3.17. The maximum Gasteiger partial charge on any atom is 0.264 e. The van der Waals surface area contributed by atoms with Crippen molar-refractivity contribution in [1.82, 2.24) is 0 Å². The van der Waals surface area contributed by atoms with Gasteiger partial charge in [0.1, 0.15) is 0 Å². The summed E-state index contributed by atoms with van der Waals surface area (Å²) in [5, 5.41) is 0. The van der Waals surface area contributed by atoms with Crippen LogP contribution in [0.2, 0.25) is 0 Å². The van der Waals surface area contributed by atoms with E-state index in [1.165, 1.54) is 32.4 Å². The quantitative estimate of drug-likeness (QED) is 0.824. The summed E-state index contributed by atoms with van der Waals surface area (Å²) >= 11 is 0. The van der Waals surface area contributed by atoms with Crippen molar-refractivity contribution in [3.8, 4) is 11.5 Å². The number of benzene rings is 2. The molecule has 0 saturated heterocycles. The van der Waals surface area contributed by atoms with Gasteiger partial charge in [-0.2, -0.15) is 0 Å². The predicted octanol–water partition coefficient (Wildman–Crippen LogP) is 2.80. The van der Waals surface area contributed by atoms with E-state index in [2.05, 4.69) is 0 Å². The number of hydrogen-bond acceptors (Lipinski definition) is 5. The zero-order chi connectivity index (χ0) is 18.9. The van der Waals surface area contributed by atoms with E-state index in [1.54, 1.807) is 30.3 Å². The Kier molecular flexibility index (Phi) is 4.73. The van der Waals surface area contributed by atoms with Crippen LogP contribution >= 0.6 is 0 Å². The molecule has 0 unspecified atom stereocenters. The Bertz CT molecular complexity index is 978. The lowest BCUT2D eigenvalue weighted by atomic mass is 10.1. The van der Waals surface area contributed by atoms with Gasteiger partial charge in [-0.3, -0.25) is 9.10 Å². The number of aryl methyl sites for hydroxylation is 1. The molecule has 1 aliphatic heterocycles. The molecule has 2 aromatic carbocycles. The van der Waals surface area contributed by atoms with Crippen LogP contribution in [0.4, 0.5) is 5.69 Å². The Balaban J connectivity index is 2.20. The Hall–Kier alpha value is -2.80. The molecule has 0 saturated carbocycles. The molecule has 26 heavy (non-hydrogen) atoms. The number of ketones is 1. The summed E-state index contributed by atoms with van der Waals surface area (Å²) in [6, 6.07) is 9.74. The van der Waals surface area contributed by atoms with Gasteiger partial charge in [0.05, 0.1) is 31.3 Å². The van der Waals surface area contributed by atoms with Crippen molar-refractivity contribution < 1.29 is 22.7 Å². The highest BCUT2D eigenvalue weighted by Crippen LogP contribution is 2.38. The molecule has 136 valence electrons. The molecule has 3 rings (SSSR count). The lowest BCUT2D eigenvalue weighted by Gasteiger charge is -2.25. The second-order valence-corrected chi connectivity index (χ2v) is 7.75. The van der Waals surface area contributed by atoms with Gasteiger partial charge in [0.2, 0.25) is 0 Å². The topological polar surface area (TPSA) is 72.9 Å². The first-order valence-electron chi connectivity index (χ1n) is 7.93. The van der Waals surface area contributed by atoms with Crippen molar-refractivity contribution in [2.45, 2.75) is 11.8 Å². The number of ether oxygens (including phenoxy) is 2. The summed E-state index contributed by atoms with van der Waals surface area (Å²) in [6.07, 6.45) is 2.96. The average Bonchev–Trinajstić information content (AvgIpc) is 2.80. The second-order valence-electron chi connectivity index (χ2n) is 5.89. The SMILES string of the molecule is COc1cc2c(cc1OC)N(S(=O)(=O)c1ccc(C)cc1)CC(=O)C=C2. The van der Waals surface area contributed by atoms with Crippen LogP contribution in [0.5, 0.6) is 11.5 Å². The minimum atomic E-state index is -3.92. The molecule has 6 nitrogen and oxygen atoms in total. The van der Waals surface area contributed by atoms with Gasteiger partial charge in [-0.15, -0.1) is 0 Å². The monoisotopic (exact) mass is 373 g/mol. The fraction of sp³-hybridized carbons (Fsp3) is 0.211. The van der Waals surface area contributed by atoms with E-state index in [4.69, 9.17) is 9.47 Å². The molecule has 0 atom stereocenters. The number of rotatable bonds is 4. The Morgan fingerprint density at radius 3 is 2.19 bits per heavy atom. The van der Waals surface area contributed by atoms with Gasteiger partial charge in [0, 0.05) is 11.6 Å². The van der Waals surface area contributed by atoms with E-state index < -0.39 is 10.0 Å². The van der Waals surface area contributed by atoms with Crippen LogP contribution in [0, 0.1) is 6.92 Å². The van der Waals surface area contributed by atoms with E-state index in [1.807, 2.05) is 6.92 Å². The van der Waals surface area contributed by atoms with E-state index in [-0.39, 0.29) is 17.2 Å². The maximum absolute atomic E-state index is 13.2. The molecule has 0 fully saturated rings. The molecular formula is C19H19NO5S. The second kappa shape index (κ2) is 6.84. The number of anilines is 1. The van der Waals surface area contributed by atoms with Crippen LogP contribution in [-0.2, 0) is 14.8 Å². The van der Waals surface area contributed by atoms with Crippen molar-refractivity contribution in [2.24, 2.45) is 0 Å². The van der Waals surface area contributed by atoms with E-state index in [0.29, 0.717) is 22.7 Å². The minimum Gasteiger partial charge on any atom is -0.493 e. The van der Waals surface area contributed by atoms with Gasteiger partial charge in [-0.25, -0.2) is 8.42 Å². The van der Waals surface area contributed by atoms with Crippen LogP contribution in [0.1, 0.15) is 11.1 Å². The normalized spacial score (nSPS) is 14.0. The van der Waals surface area contributed by atoms with E-state index in [9.17, 15) is 13.2 Å². The number of sulfonamides is 1. The van der Waals surface area contributed by atoms with Crippen molar-refractivity contribution >= 4 is 27.6 Å². The van der Waals surface area contributed by atoms with Crippen molar-refractivity contribution in [3.63, 3.8) is 0 Å². The summed E-state index contributed by atoms with van der Waals surface area (Å²) < 4.78 is 38.1. The van der Waals surface area contributed by atoms with Crippen molar-refractivity contribution in [3.05, 3.63) is 53.6 Å². The molecule has 1 aliphatic rings. The number of nitrogens with zero attached hydrogens (tertiary/aromatic N) is 1. The third-order valence-corrected chi connectivity index (χ3v) is 5.93. The van der Waals surface area contributed by atoms with Crippen LogP contribution < -0.4 is 13.8 Å². The summed E-state index contributed by atoms with van der Waals surface area (Å²) in [5.41, 5.74) is 1.87. The first-order chi connectivity index (χ1) is 12.4. The predicted molar refractivity (Wildman–Crippen MR) is 99.3 cm³/mol. The molecule has 0 N–H and O–H groups in total. The smallest absolute Gasteiger partial charge is 0.264 e. The summed E-state index contributed by atoms with van der Waals surface area (Å²) in [4.78, 5) is 12.3. The average molecular weight is 373 g/mol. The lowest BCUT2D eigenvalue weighted by Crippen LogP contribution is -2.35. The van der Waals surface area contributed by atoms with Crippen LogP contribution in [-0.4, -0.2) is 35.0 Å². The number of hydrogen-bond donors (Lipinski definition) is 0. The summed E-state index contributed by atoms with van der Waals surface area (Å²) in [7, 11) is -0.947. The highest BCUT2D eigenvalue weighted by atomic mass is 32.2. The number of carbonyl (C=O) groups excluding carboxylic acids is 1. The highest BCUT2D eigenvalue weighted by molar-refractivity contribution is 7.92. The molecular weight excluding hydrogens is 354 g/mol. The van der Waals surface area contributed by atoms with Crippen molar-refractivity contribution in [2.75, 3.05) is 25.1 Å². The largest absolute Gasteiger partial charge is 0.493 e. The first kappa shape index (κ1) is 18.0. The van der Waals surface area contributed by atoms with E-state index in [0.717, 1.165) is 9.87 Å². The minimum absolute atomic E-state index is 0.124. The molecule has 0 aromatic heterocycles. The zero-order valence-corrected chi connectivity index (χ0v) is 15.5. The van der Waals surface area contributed by atoms with Crippen LogP contribution in [0.15, 0.2) is 47.4 Å². The number of methoxy groups -OCH3 is 2. The van der Waals surface area contributed by atoms with Gasteiger partial charge >= 0.3 is 0 Å². The molecule has 0 aliphatic carbocycles. The van der Waals surface area contributed by atoms with Crippen molar-refractivity contribution in [1.29, 1.82) is 0 Å². The summed E-state index contributed by atoms with van der Waals surface area (Å²) in [5.74, 6) is 0.533. The number of fused-ring (bicyclic) bond motifs is 1. The molecule has 0 radical (unpaired) electrons. The van der Waals surface area contributed by atoms with Crippen LogP contribution in [0.3, 0.4) is 0 Å². The fourth-order valence-electron chi connectivity index (χ4n) is 2.75. The van der Waals surface area contributed by atoms with Gasteiger partial charge < -0.3 is 9.47 Å². The Labute approximate surface area is 152 Å². The van der Waals surface area contributed by atoms with E-state index >= 15 is 0 Å². The number of carbonyl (C=O) groups is 1. The standard InChI is InChI=1S/C19H19NO5S/c1-13-4-8-16(9-5-13)26(22,23)20-12-15(21)7-6-14-10-18(24-2)19(25-3)11-17(14)20/h4-11H,12H2,1-3H3. The maximum atomic E-state index is 13.2. The Morgan fingerprint density at radius 1 is 0.962 bits per heavy atom. The van der Waals surface area contributed by atoms with Crippen LogP contribution in [0.25, 0.3) is 6.08 Å². The zero-order valence-electron chi connectivity index (χ0n) is 14.7. The van der Waals surface area contributed by atoms with Gasteiger partial charge in [0.15, 0.2) is 17.3 Å². The molecule has 0 bridgehead atoms. The highest BCUT2D eigenvalue weighted by Gasteiger charge is 2.30. The third-order valence-electron chi connectivity index (χ3n) is 4.16. The molecule has 2 aromatic rings. The lowest BCUT2D eigenvalue weighted by molar-refractivity contribution is -0.113. The Morgan fingerprint density at radius 2 is 1.58 bits per heavy atom. The molecule has 1 heterocycles. The fourth-order valence-corrected chi connectivity index (χ4v) is 4.20. The van der Waals surface area contributed by atoms with Gasteiger partial charge in [-0.05, 0) is 37.3 Å². The molecule has 0 spiro atoms. The summed E-state index contributed by atoms with van der Waals surface area (Å²) in [6.45, 7) is 1.59. The van der Waals surface area contributed by atoms with Gasteiger partial charge in [0.25, 0.3) is 10.0 Å². The van der Waals surface area contributed by atoms with Gasteiger partial charge in [-0.1, -0.05) is 17.7 Å². The molecule has 7 heteroatoms. The molecule has 0 amide bonds. The first-order valence-corrected chi connectivity index (χ1v) is 9.37.